The van der Waals surface area contributed by atoms with Crippen LogP contribution in [0.25, 0.3) is 0 Å². The lowest BCUT2D eigenvalue weighted by Crippen LogP contribution is -2.02. The number of benzene rings is 2. The Morgan fingerprint density at radius 3 is 1.56 bits per heavy atom. The number of nitrogens with two attached hydrogens (primary N) is 1. The Morgan fingerprint density at radius 2 is 1.06 bits per heavy atom. The highest BCUT2D eigenvalue weighted by Crippen LogP contribution is 2.09. The Bertz CT molecular complexity index is 436. The quantitative estimate of drug-likeness (QED) is 0.877. The molecule has 2 aromatic rings. The Balaban J connectivity index is 0.00000162. The predicted octanol–water partition coefficient (Wildman–Crippen LogP) is 3.39. The molecule has 0 aliphatic carbocycles. The van der Waals surface area contributed by atoms with Crippen molar-refractivity contribution in [1.29, 1.82) is 0 Å². The van der Waals surface area contributed by atoms with Crippen molar-refractivity contribution in [1.82, 2.24) is 0 Å². The van der Waals surface area contributed by atoms with Gasteiger partial charge in [0.15, 0.2) is 0 Å². The van der Waals surface area contributed by atoms with Crippen LogP contribution in [0, 0.1) is 0 Å². The molecule has 0 heterocycles. The van der Waals surface area contributed by atoms with Gasteiger partial charge in [0.25, 0.3) is 0 Å². The van der Waals surface area contributed by atoms with Crippen LogP contribution in [0.1, 0.15) is 16.7 Å². The lowest BCUT2D eigenvalue weighted by atomic mass is 10.0. The van der Waals surface area contributed by atoms with Crippen molar-refractivity contribution in [2.24, 2.45) is 5.73 Å². The molecule has 0 saturated heterocycles. The molecule has 2 N–H and O–H groups in total. The topological polar surface area (TPSA) is 26.0 Å². The SMILES string of the molecule is Cl.NCCc1ccc(CCc2ccccc2)cc1. The van der Waals surface area contributed by atoms with Gasteiger partial charge in [0.1, 0.15) is 0 Å². The van der Waals surface area contributed by atoms with Crippen molar-refractivity contribution >= 4 is 12.4 Å². The molecular weight excluding hydrogens is 242 g/mol. The number of hydrogen-bond donors (Lipinski definition) is 1. The molecular formula is C16H20ClN. The maximum absolute atomic E-state index is 5.53. The van der Waals surface area contributed by atoms with E-state index in [-0.39, 0.29) is 12.4 Å². The number of aryl methyl sites for hydroxylation is 2. The first-order chi connectivity index (χ1) is 8.38. The van der Waals surface area contributed by atoms with E-state index in [0.717, 1.165) is 25.8 Å². The Morgan fingerprint density at radius 1 is 0.611 bits per heavy atom. The van der Waals surface area contributed by atoms with Gasteiger partial charge in [-0.05, 0) is 42.5 Å². The molecule has 0 unspecified atom stereocenters. The van der Waals surface area contributed by atoms with E-state index in [9.17, 15) is 0 Å². The van der Waals surface area contributed by atoms with Gasteiger partial charge in [-0.2, -0.15) is 0 Å². The first kappa shape index (κ1) is 14.7. The van der Waals surface area contributed by atoms with Crippen LogP contribution in [0.4, 0.5) is 0 Å². The fourth-order valence-electron chi connectivity index (χ4n) is 1.97. The van der Waals surface area contributed by atoms with Gasteiger partial charge < -0.3 is 5.73 Å². The van der Waals surface area contributed by atoms with Crippen molar-refractivity contribution < 1.29 is 0 Å². The molecule has 2 heteroatoms. The van der Waals surface area contributed by atoms with E-state index in [1.54, 1.807) is 0 Å². The summed E-state index contributed by atoms with van der Waals surface area (Å²) in [5.41, 5.74) is 9.66. The maximum Gasteiger partial charge on any atom is -0.00367 e. The first-order valence-electron chi connectivity index (χ1n) is 6.20. The summed E-state index contributed by atoms with van der Waals surface area (Å²) in [4.78, 5) is 0. The molecule has 0 aliphatic heterocycles. The van der Waals surface area contributed by atoms with Crippen molar-refractivity contribution in [3.63, 3.8) is 0 Å². The second-order valence-electron chi connectivity index (χ2n) is 4.34. The standard InChI is InChI=1S/C16H19N.ClH/c17-13-12-16-10-8-15(9-11-16)7-6-14-4-2-1-3-5-14;/h1-5,8-11H,6-7,12-13,17H2;1H. The van der Waals surface area contributed by atoms with Crippen LogP contribution >= 0.6 is 12.4 Å². The summed E-state index contributed by atoms with van der Waals surface area (Å²) in [5.74, 6) is 0. The Labute approximate surface area is 115 Å². The van der Waals surface area contributed by atoms with Gasteiger partial charge in [-0.3, -0.25) is 0 Å². The number of rotatable bonds is 5. The average molecular weight is 262 g/mol. The van der Waals surface area contributed by atoms with Crippen LogP contribution in [0.5, 0.6) is 0 Å². The molecule has 1 nitrogen and oxygen atoms in total. The Kier molecular flexibility index (Phi) is 6.48. The molecule has 0 fully saturated rings. The predicted molar refractivity (Wildman–Crippen MR) is 80.3 cm³/mol. The summed E-state index contributed by atoms with van der Waals surface area (Å²) in [6.45, 7) is 0.726. The molecule has 0 aromatic heterocycles. The van der Waals surface area contributed by atoms with Gasteiger partial charge in [-0.1, -0.05) is 54.6 Å². The molecule has 0 amide bonds. The van der Waals surface area contributed by atoms with Crippen LogP contribution in [0.2, 0.25) is 0 Å². The largest absolute Gasteiger partial charge is 0.330 e. The summed E-state index contributed by atoms with van der Waals surface area (Å²) in [6.07, 6.45) is 3.18. The minimum Gasteiger partial charge on any atom is -0.330 e. The molecule has 0 radical (unpaired) electrons. The smallest absolute Gasteiger partial charge is 0.00367 e. The molecule has 2 aromatic carbocycles. The molecule has 0 atom stereocenters. The zero-order chi connectivity index (χ0) is 11.9. The van der Waals surface area contributed by atoms with E-state index in [1.165, 1.54) is 16.7 Å². The van der Waals surface area contributed by atoms with Crippen molar-refractivity contribution in [2.75, 3.05) is 6.54 Å². The Hall–Kier alpha value is -1.31. The highest BCUT2D eigenvalue weighted by atomic mass is 35.5. The van der Waals surface area contributed by atoms with Crippen LogP contribution in [-0.4, -0.2) is 6.54 Å². The fraction of sp³-hybridized carbons (Fsp3) is 0.250. The highest BCUT2D eigenvalue weighted by molar-refractivity contribution is 5.85. The van der Waals surface area contributed by atoms with Crippen LogP contribution in [-0.2, 0) is 19.3 Å². The third kappa shape index (κ3) is 4.52. The van der Waals surface area contributed by atoms with E-state index in [1.807, 2.05) is 0 Å². The fourth-order valence-corrected chi connectivity index (χ4v) is 1.97. The van der Waals surface area contributed by atoms with E-state index in [2.05, 4.69) is 54.6 Å². The lowest BCUT2D eigenvalue weighted by molar-refractivity contribution is 0.944. The highest BCUT2D eigenvalue weighted by Gasteiger charge is 1.96. The van der Waals surface area contributed by atoms with Crippen molar-refractivity contribution in [3.8, 4) is 0 Å². The van der Waals surface area contributed by atoms with Gasteiger partial charge in [-0.25, -0.2) is 0 Å². The second kappa shape index (κ2) is 7.91. The van der Waals surface area contributed by atoms with E-state index in [4.69, 9.17) is 5.73 Å². The third-order valence-electron chi connectivity index (χ3n) is 3.00. The monoisotopic (exact) mass is 261 g/mol. The molecule has 0 saturated carbocycles. The van der Waals surface area contributed by atoms with E-state index >= 15 is 0 Å². The molecule has 0 aliphatic rings. The van der Waals surface area contributed by atoms with Gasteiger partial charge in [0, 0.05) is 0 Å². The van der Waals surface area contributed by atoms with Gasteiger partial charge in [0.05, 0.1) is 0 Å². The minimum absolute atomic E-state index is 0. The minimum atomic E-state index is 0. The van der Waals surface area contributed by atoms with Gasteiger partial charge in [-0.15, -0.1) is 12.4 Å². The average Bonchev–Trinajstić information content (AvgIpc) is 2.40. The third-order valence-corrected chi connectivity index (χ3v) is 3.00. The van der Waals surface area contributed by atoms with Crippen molar-refractivity contribution in [2.45, 2.75) is 19.3 Å². The lowest BCUT2D eigenvalue weighted by Gasteiger charge is -2.04. The van der Waals surface area contributed by atoms with Crippen LogP contribution in [0.15, 0.2) is 54.6 Å². The van der Waals surface area contributed by atoms with E-state index in [0.29, 0.717) is 0 Å². The molecule has 18 heavy (non-hydrogen) atoms. The summed E-state index contributed by atoms with van der Waals surface area (Å²) in [7, 11) is 0. The molecule has 0 bridgehead atoms. The normalized spacial score (nSPS) is 9.83. The van der Waals surface area contributed by atoms with Crippen molar-refractivity contribution in [3.05, 3.63) is 71.3 Å². The van der Waals surface area contributed by atoms with Gasteiger partial charge >= 0.3 is 0 Å². The summed E-state index contributed by atoms with van der Waals surface area (Å²) >= 11 is 0. The van der Waals surface area contributed by atoms with E-state index < -0.39 is 0 Å². The zero-order valence-corrected chi connectivity index (χ0v) is 11.3. The molecule has 0 spiro atoms. The molecule has 2 rings (SSSR count). The van der Waals surface area contributed by atoms with Gasteiger partial charge in [0.2, 0.25) is 0 Å². The number of halogens is 1. The van der Waals surface area contributed by atoms with Crippen LogP contribution in [0.3, 0.4) is 0 Å². The first-order valence-corrected chi connectivity index (χ1v) is 6.20. The second-order valence-corrected chi connectivity index (χ2v) is 4.34. The zero-order valence-electron chi connectivity index (χ0n) is 10.5. The number of hydrogen-bond acceptors (Lipinski definition) is 1. The maximum atomic E-state index is 5.53. The molecule has 96 valence electrons. The summed E-state index contributed by atoms with van der Waals surface area (Å²) < 4.78 is 0. The summed E-state index contributed by atoms with van der Waals surface area (Å²) in [6, 6.07) is 19.4. The van der Waals surface area contributed by atoms with Crippen LogP contribution < -0.4 is 5.73 Å². The summed E-state index contributed by atoms with van der Waals surface area (Å²) in [5, 5.41) is 0.